The van der Waals surface area contributed by atoms with Crippen LogP contribution in [-0.4, -0.2) is 44.7 Å². The van der Waals surface area contributed by atoms with E-state index in [4.69, 9.17) is 4.74 Å². The van der Waals surface area contributed by atoms with Crippen LogP contribution in [0, 0.1) is 5.92 Å². The summed E-state index contributed by atoms with van der Waals surface area (Å²) in [5.74, 6) is 0.361. The lowest BCUT2D eigenvalue weighted by Crippen LogP contribution is -2.43. The minimum absolute atomic E-state index is 0.206. The maximum Gasteiger partial charge on any atom is 0.410 e. The largest absolute Gasteiger partial charge is 0.591 e. The molecule has 0 aromatic carbocycles. The Labute approximate surface area is 150 Å². The molecule has 0 aromatic rings. The summed E-state index contributed by atoms with van der Waals surface area (Å²) in [6.45, 7) is 13.4. The van der Waals surface area contributed by atoms with E-state index in [0.717, 1.165) is 31.4 Å². The van der Waals surface area contributed by atoms with Gasteiger partial charge in [0.15, 0.2) is 0 Å². The van der Waals surface area contributed by atoms with Crippen molar-refractivity contribution < 1.29 is 14.1 Å². The molecule has 5 nitrogen and oxygen atoms in total. The topological polar surface area (TPSA) is 65.0 Å². The van der Waals surface area contributed by atoms with Crippen molar-refractivity contribution in [1.82, 2.24) is 4.90 Å². The standard InChI is InChI=1S/C18H34N2O3S/c1-13(19-24(22)18(5,6)7)14-9-11-15(12-10-14)20(8)16(21)23-17(2,3)4/h14-15H,9-12H2,1-8H3/b19-13+. The first-order valence-electron chi connectivity index (χ1n) is 8.74. The average Bonchev–Trinajstić information content (AvgIpc) is 2.43. The summed E-state index contributed by atoms with van der Waals surface area (Å²) < 4.78 is 21.7. The van der Waals surface area contributed by atoms with Crippen molar-refractivity contribution >= 4 is 23.2 Å². The van der Waals surface area contributed by atoms with E-state index >= 15 is 0 Å². The predicted octanol–water partition coefficient (Wildman–Crippen LogP) is 4.34. The molecule has 6 heteroatoms. The van der Waals surface area contributed by atoms with Gasteiger partial charge in [-0.15, -0.1) is 0 Å². The molecule has 1 fully saturated rings. The molecule has 24 heavy (non-hydrogen) atoms. The van der Waals surface area contributed by atoms with Gasteiger partial charge in [0.1, 0.15) is 21.7 Å². The fourth-order valence-electron chi connectivity index (χ4n) is 2.71. The van der Waals surface area contributed by atoms with Crippen molar-refractivity contribution in [2.75, 3.05) is 7.05 Å². The highest BCUT2D eigenvalue weighted by Gasteiger charge is 2.32. The van der Waals surface area contributed by atoms with E-state index in [1.165, 1.54) is 0 Å². The molecule has 140 valence electrons. The van der Waals surface area contributed by atoms with E-state index in [9.17, 15) is 9.35 Å². The predicted molar refractivity (Wildman–Crippen MR) is 101 cm³/mol. The zero-order valence-corrected chi connectivity index (χ0v) is 17.3. The maximum atomic E-state index is 12.2. The third-order valence-electron chi connectivity index (χ3n) is 4.27. The molecule has 1 rings (SSSR count). The summed E-state index contributed by atoms with van der Waals surface area (Å²) in [5.41, 5.74) is 0.504. The monoisotopic (exact) mass is 358 g/mol. The number of nitrogens with zero attached hydrogens (tertiary/aromatic N) is 2. The molecule has 1 atom stereocenters. The zero-order valence-electron chi connectivity index (χ0n) is 16.5. The molecule has 1 unspecified atom stereocenters. The first kappa shape index (κ1) is 21.3. The Morgan fingerprint density at radius 2 is 1.62 bits per heavy atom. The van der Waals surface area contributed by atoms with E-state index in [2.05, 4.69) is 4.40 Å². The highest BCUT2D eigenvalue weighted by Crippen LogP contribution is 2.30. The van der Waals surface area contributed by atoms with E-state index in [0.29, 0.717) is 5.92 Å². The van der Waals surface area contributed by atoms with Crippen LogP contribution in [0.5, 0.6) is 0 Å². The van der Waals surface area contributed by atoms with Crippen LogP contribution in [0.1, 0.15) is 74.1 Å². The fraction of sp³-hybridized carbons (Fsp3) is 0.889. The van der Waals surface area contributed by atoms with Gasteiger partial charge in [-0.3, -0.25) is 0 Å². The number of hydrogen-bond donors (Lipinski definition) is 0. The molecule has 0 radical (unpaired) electrons. The van der Waals surface area contributed by atoms with Gasteiger partial charge < -0.3 is 14.2 Å². The zero-order chi connectivity index (χ0) is 18.7. The van der Waals surface area contributed by atoms with E-state index < -0.39 is 17.0 Å². The van der Waals surface area contributed by atoms with Crippen molar-refractivity contribution in [1.29, 1.82) is 0 Å². The van der Waals surface area contributed by atoms with Crippen molar-refractivity contribution in [3.63, 3.8) is 0 Å². The van der Waals surface area contributed by atoms with Crippen molar-refractivity contribution in [2.24, 2.45) is 10.3 Å². The first-order valence-corrected chi connectivity index (χ1v) is 9.85. The van der Waals surface area contributed by atoms with Gasteiger partial charge >= 0.3 is 6.09 Å². The van der Waals surface area contributed by atoms with Crippen LogP contribution in [0.3, 0.4) is 0 Å². The molecular weight excluding hydrogens is 324 g/mol. The second-order valence-electron chi connectivity index (χ2n) is 8.69. The van der Waals surface area contributed by atoms with Crippen molar-refractivity contribution in [3.8, 4) is 0 Å². The molecule has 0 aliphatic heterocycles. The Kier molecular flexibility index (Phi) is 7.17. The summed E-state index contributed by atoms with van der Waals surface area (Å²) in [7, 11) is 1.81. The Balaban J connectivity index is 2.57. The van der Waals surface area contributed by atoms with Crippen molar-refractivity contribution in [2.45, 2.75) is 90.5 Å². The molecule has 0 aromatic heterocycles. The van der Waals surface area contributed by atoms with Crippen LogP contribution in [0.15, 0.2) is 4.40 Å². The second-order valence-corrected chi connectivity index (χ2v) is 10.6. The van der Waals surface area contributed by atoms with Crippen LogP contribution in [0.25, 0.3) is 0 Å². The van der Waals surface area contributed by atoms with Crippen LogP contribution < -0.4 is 0 Å². The lowest BCUT2D eigenvalue weighted by Gasteiger charge is -2.35. The second kappa shape index (κ2) is 8.09. The third kappa shape index (κ3) is 6.63. The lowest BCUT2D eigenvalue weighted by molar-refractivity contribution is 0.0181. The summed E-state index contributed by atoms with van der Waals surface area (Å²) >= 11 is -1.20. The molecule has 0 spiro atoms. The number of carbonyl (C=O) groups is 1. The fourth-order valence-corrected chi connectivity index (χ4v) is 3.39. The molecule has 0 N–H and O–H groups in total. The number of ether oxygens (including phenoxy) is 1. The number of amides is 1. The van der Waals surface area contributed by atoms with E-state index in [1.807, 2.05) is 55.5 Å². The normalized spacial score (nSPS) is 24.5. The van der Waals surface area contributed by atoms with E-state index in [1.54, 1.807) is 4.90 Å². The van der Waals surface area contributed by atoms with Crippen LogP contribution in [0.4, 0.5) is 4.79 Å². The summed E-state index contributed by atoms with van der Waals surface area (Å²) in [6.07, 6.45) is 3.53. The Bertz CT molecular complexity index is 458. The molecule has 1 aliphatic carbocycles. The highest BCUT2D eigenvalue weighted by molar-refractivity contribution is 7.91. The van der Waals surface area contributed by atoms with Gasteiger partial charge in [-0.1, -0.05) is 4.40 Å². The lowest BCUT2D eigenvalue weighted by atomic mass is 9.83. The maximum absolute atomic E-state index is 12.2. The van der Waals surface area contributed by atoms with Crippen LogP contribution >= 0.6 is 0 Å². The molecule has 0 bridgehead atoms. The van der Waals surface area contributed by atoms with Crippen LogP contribution in [0.2, 0.25) is 0 Å². The van der Waals surface area contributed by atoms with Gasteiger partial charge in [-0.05, 0) is 74.1 Å². The molecule has 0 heterocycles. The summed E-state index contributed by atoms with van der Waals surface area (Å²) in [4.78, 5) is 13.9. The number of carbonyl (C=O) groups excluding carboxylic acids is 1. The third-order valence-corrected chi connectivity index (χ3v) is 5.77. The minimum atomic E-state index is -1.20. The van der Waals surface area contributed by atoms with Gasteiger partial charge in [0, 0.05) is 19.0 Å². The number of hydrogen-bond acceptors (Lipinski definition) is 4. The summed E-state index contributed by atoms with van der Waals surface area (Å²) in [6, 6.07) is 0.206. The first-order chi connectivity index (χ1) is 10.8. The van der Waals surface area contributed by atoms with Gasteiger partial charge in [-0.2, -0.15) is 0 Å². The van der Waals surface area contributed by atoms with Gasteiger partial charge in [-0.25, -0.2) is 4.79 Å². The molecular formula is C18H34N2O3S. The van der Waals surface area contributed by atoms with Crippen molar-refractivity contribution in [3.05, 3.63) is 0 Å². The Morgan fingerprint density at radius 3 is 2.04 bits per heavy atom. The average molecular weight is 359 g/mol. The minimum Gasteiger partial charge on any atom is -0.591 e. The van der Waals surface area contributed by atoms with E-state index in [-0.39, 0.29) is 16.9 Å². The molecule has 1 amide bonds. The Morgan fingerprint density at radius 1 is 1.12 bits per heavy atom. The van der Waals surface area contributed by atoms with Gasteiger partial charge in [0.05, 0.1) is 5.71 Å². The SMILES string of the molecule is C/C(=N\[S+]([O-])C(C)(C)C)C1CCC(N(C)C(=O)OC(C)(C)C)CC1. The quantitative estimate of drug-likeness (QED) is 0.557. The smallest absolute Gasteiger partial charge is 0.410 e. The molecule has 1 aliphatic rings. The summed E-state index contributed by atoms with van der Waals surface area (Å²) in [5, 5.41) is 0. The molecule has 1 saturated carbocycles. The Hall–Kier alpha value is -0.750. The molecule has 0 saturated heterocycles. The van der Waals surface area contributed by atoms with Gasteiger partial charge in [0.25, 0.3) is 0 Å². The van der Waals surface area contributed by atoms with Gasteiger partial charge in [0.2, 0.25) is 0 Å². The highest BCUT2D eigenvalue weighted by atomic mass is 32.2. The van der Waals surface area contributed by atoms with Crippen LogP contribution in [-0.2, 0) is 16.1 Å². The number of rotatable bonds is 3.